The largest absolute Gasteiger partial charge is 0.335 e. The average Bonchev–Trinajstić information content (AvgIpc) is 4.11. The second kappa shape index (κ2) is 22.2. The average molecular weight is 1160 g/mol. The van der Waals surface area contributed by atoms with Gasteiger partial charge in [0.25, 0.3) is 38.0 Å². The van der Waals surface area contributed by atoms with Crippen molar-refractivity contribution in [2.45, 2.75) is 105 Å². The minimum Gasteiger partial charge on any atom is -0.335 e. The predicted octanol–water partition coefficient (Wildman–Crippen LogP) is 6.42. The molecule has 4 aromatic carbocycles. The Morgan fingerprint density at radius 3 is 2.19 bits per heavy atom. The number of unbranched alkanes of at least 4 members (excludes halogenated alkanes) is 2. The van der Waals surface area contributed by atoms with Gasteiger partial charge in [0.05, 0.1) is 44.6 Å². The lowest BCUT2D eigenvalue weighted by Crippen LogP contribution is -2.39. The van der Waals surface area contributed by atoms with E-state index in [0.29, 0.717) is 68.7 Å². The molecule has 0 saturated carbocycles. The first-order valence-electron chi connectivity index (χ1n) is 24.2. The van der Waals surface area contributed by atoms with E-state index in [2.05, 4.69) is 13.9 Å². The molecule has 4 aliphatic heterocycles. The Balaban J connectivity index is 1.16. The summed E-state index contributed by atoms with van der Waals surface area (Å²) in [6, 6.07) is 16.9. The molecule has 2 saturated heterocycles. The van der Waals surface area contributed by atoms with E-state index in [4.69, 9.17) is 10.1 Å². The molecule has 2 fully saturated rings. The van der Waals surface area contributed by atoms with Gasteiger partial charge in [-0.15, -0.1) is 9.40 Å². The Bertz CT molecular complexity index is 3560. The molecule has 4 aliphatic rings. The highest BCUT2D eigenvalue weighted by atomic mass is 32.2. The van der Waals surface area contributed by atoms with Crippen molar-refractivity contribution in [3.05, 3.63) is 94.7 Å². The summed E-state index contributed by atoms with van der Waals surface area (Å²) in [5.41, 5.74) is 2.56. The minimum atomic E-state index is -4.55. The first kappa shape index (κ1) is 57.4. The summed E-state index contributed by atoms with van der Waals surface area (Å²) >= 11 is 2.01. The Kier molecular flexibility index (Phi) is 16.5. The van der Waals surface area contributed by atoms with Crippen LogP contribution < -0.4 is 9.62 Å². The molecule has 4 N–H and O–H groups in total. The van der Waals surface area contributed by atoms with Crippen LogP contribution in [0.2, 0.25) is 0 Å². The molecule has 412 valence electrons. The number of sulfonamides is 1. The minimum absolute atomic E-state index is 0.0371. The number of carbonyl (C=O) groups is 5. The zero-order chi connectivity index (χ0) is 56.0. The SMILES string of the molecule is CC1(C)C(=CCC2SC(=CC3=[N+](CCCCCC(=O)ON4C(=O)CCC4=O)c4ccc5cc(S(=O)(=O)O)ccc5c4C3(C)C)N(CCCS(=O)(=O)O)C2=O)N(CC(=O)NS(C)(=O)=O)c2ccc3cc(SOOO)ccc3c21. The summed E-state index contributed by atoms with van der Waals surface area (Å²) in [5.74, 6) is -3.71. The number of carbonyl (C=O) groups excluding carboxylic acids is 5. The van der Waals surface area contributed by atoms with Crippen molar-refractivity contribution in [2.24, 2.45) is 0 Å². The van der Waals surface area contributed by atoms with Crippen molar-refractivity contribution in [2.75, 3.05) is 36.5 Å². The third-order valence-electron chi connectivity index (χ3n) is 13.8. The van der Waals surface area contributed by atoms with Gasteiger partial charge in [0.2, 0.25) is 21.6 Å². The first-order valence-corrected chi connectivity index (χ1v) is 30.8. The van der Waals surface area contributed by atoms with Crippen LogP contribution in [0.1, 0.15) is 90.2 Å². The molecule has 4 amide bonds. The summed E-state index contributed by atoms with van der Waals surface area (Å²) in [7, 11) is -12.9. The van der Waals surface area contributed by atoms with Gasteiger partial charge in [0.1, 0.15) is 13.1 Å². The highest BCUT2D eigenvalue weighted by molar-refractivity contribution is 8.04. The summed E-state index contributed by atoms with van der Waals surface area (Å²) < 4.78 is 101. The topological polar surface area (TPSA) is 301 Å². The zero-order valence-corrected chi connectivity index (χ0v) is 46.5. The van der Waals surface area contributed by atoms with Gasteiger partial charge in [0, 0.05) is 71.6 Å². The fraction of sp³-hybridized carbons (Fsp3) is 0.400. The van der Waals surface area contributed by atoms with E-state index in [9.17, 15) is 58.3 Å². The lowest BCUT2D eigenvalue weighted by molar-refractivity contribution is -0.438. The molecule has 1 atom stereocenters. The van der Waals surface area contributed by atoms with Gasteiger partial charge in [-0.2, -0.15) is 21.4 Å². The molecule has 0 spiro atoms. The van der Waals surface area contributed by atoms with Crippen LogP contribution in [0.25, 0.3) is 21.5 Å². The van der Waals surface area contributed by atoms with Gasteiger partial charge in [-0.25, -0.2) is 18.5 Å². The second-order valence-electron chi connectivity index (χ2n) is 20.0. The number of hydroxylamine groups is 2. The van der Waals surface area contributed by atoms with Crippen LogP contribution >= 0.6 is 23.8 Å². The third-order valence-corrected chi connectivity index (χ3v) is 17.9. The number of thioether (sulfide) groups is 1. The molecule has 0 radical (unpaired) electrons. The number of amides is 4. The van der Waals surface area contributed by atoms with E-state index < -0.39 is 82.3 Å². The molecule has 4 heterocycles. The quantitative estimate of drug-likeness (QED) is 0.0133. The lowest BCUT2D eigenvalue weighted by Gasteiger charge is -2.27. The van der Waals surface area contributed by atoms with Gasteiger partial charge in [0.15, 0.2) is 5.71 Å². The number of benzene rings is 4. The van der Waals surface area contributed by atoms with Crippen LogP contribution in [0.4, 0.5) is 11.4 Å². The summed E-state index contributed by atoms with van der Waals surface area (Å²) in [5, 5.41) is 15.4. The number of hydrogen-bond acceptors (Lipinski definition) is 18. The van der Waals surface area contributed by atoms with E-state index in [1.165, 1.54) is 28.8 Å². The number of hydrogen-bond donors (Lipinski definition) is 4. The summed E-state index contributed by atoms with van der Waals surface area (Å²) in [6.07, 6.45) is 5.74. The Morgan fingerprint density at radius 2 is 1.52 bits per heavy atom. The van der Waals surface area contributed by atoms with Gasteiger partial charge in [-0.05, 0) is 103 Å². The molecule has 0 aromatic heterocycles. The standard InChI is InChI=1S/C50H55N5O17S5/c1-49(2)39(54(29-41(56)51-75(5,62)63)37-18-11-30-26-32(74-72-71-61)13-15-34(30)47(37)49)20-19-38-48(60)53(24-9-25-76(64,65)66)44(73-38)28-40-50(3,4)46-35-16-14-33(77(67,68)69)27-31(35)12-17-36(46)52(40)23-8-6-7-10-45(59)70-55-42(57)21-22-43(55)58/h11-18,20,26-28,38H,6-10,19,21-25,29H2,1-5H3,(H3-,51,56,61,64,65,66,67,68,69)/p+1. The number of fused-ring (bicyclic) bond motifs is 6. The molecule has 8 rings (SSSR count). The van der Waals surface area contributed by atoms with Crippen LogP contribution in [0.3, 0.4) is 0 Å². The molecule has 0 aliphatic carbocycles. The fourth-order valence-electron chi connectivity index (χ4n) is 10.5. The Hall–Kier alpha value is -5.75. The number of nitrogens with zero attached hydrogens (tertiary/aromatic N) is 4. The van der Waals surface area contributed by atoms with E-state index in [1.54, 1.807) is 29.2 Å². The van der Waals surface area contributed by atoms with Crippen LogP contribution in [-0.4, -0.2) is 126 Å². The fourth-order valence-corrected chi connectivity index (χ4v) is 13.6. The summed E-state index contributed by atoms with van der Waals surface area (Å²) in [4.78, 5) is 73.4. The highest BCUT2D eigenvalue weighted by Gasteiger charge is 2.48. The molecule has 4 aromatic rings. The number of allylic oxidation sites excluding steroid dienone is 3. The zero-order valence-electron chi connectivity index (χ0n) is 42.4. The van der Waals surface area contributed by atoms with E-state index in [1.807, 2.05) is 68.8 Å². The second-order valence-corrected chi connectivity index (χ2v) is 26.7. The van der Waals surface area contributed by atoms with E-state index in [-0.39, 0.29) is 49.5 Å². The van der Waals surface area contributed by atoms with Gasteiger partial charge in [-0.3, -0.25) is 33.0 Å². The maximum atomic E-state index is 14.8. The number of imide groups is 1. The van der Waals surface area contributed by atoms with Crippen LogP contribution in [0.5, 0.6) is 0 Å². The number of nitrogens with one attached hydrogen (secondary N) is 1. The molecular formula is C50H56N5O17S5+. The molecule has 0 bridgehead atoms. The van der Waals surface area contributed by atoms with Crippen LogP contribution in [0, 0.1) is 0 Å². The number of rotatable bonds is 21. The maximum absolute atomic E-state index is 14.8. The monoisotopic (exact) mass is 1160 g/mol. The normalized spacial score (nSPS) is 19.4. The van der Waals surface area contributed by atoms with Gasteiger partial charge in [-0.1, -0.05) is 54.9 Å². The predicted molar refractivity (Wildman–Crippen MR) is 285 cm³/mol. The van der Waals surface area contributed by atoms with Gasteiger partial charge < -0.3 is 14.6 Å². The summed E-state index contributed by atoms with van der Waals surface area (Å²) in [6.45, 7) is 7.67. The van der Waals surface area contributed by atoms with Crippen LogP contribution in [0.15, 0.2) is 93.3 Å². The van der Waals surface area contributed by atoms with Gasteiger partial charge >= 0.3 is 5.97 Å². The van der Waals surface area contributed by atoms with E-state index in [0.717, 1.165) is 45.9 Å². The van der Waals surface area contributed by atoms with Crippen molar-refractivity contribution in [3.8, 4) is 0 Å². The lowest BCUT2D eigenvalue weighted by atomic mass is 9.79. The molecule has 77 heavy (non-hydrogen) atoms. The van der Waals surface area contributed by atoms with Crippen LogP contribution in [-0.2, 0) is 79.3 Å². The van der Waals surface area contributed by atoms with Crippen molar-refractivity contribution in [1.82, 2.24) is 14.7 Å². The Labute approximate surface area is 453 Å². The molecular weight excluding hydrogens is 1100 g/mol. The van der Waals surface area contributed by atoms with Crippen molar-refractivity contribution >= 4 is 122 Å². The Morgan fingerprint density at radius 1 is 0.844 bits per heavy atom. The van der Waals surface area contributed by atoms with E-state index >= 15 is 0 Å². The van der Waals surface area contributed by atoms with Crippen molar-refractivity contribution in [1.29, 1.82) is 0 Å². The van der Waals surface area contributed by atoms with Crippen molar-refractivity contribution in [3.63, 3.8) is 0 Å². The number of anilines is 1. The third kappa shape index (κ3) is 12.4. The molecule has 27 heteroatoms. The first-order chi connectivity index (χ1) is 36.1. The highest BCUT2D eigenvalue weighted by Crippen LogP contribution is 2.52. The molecule has 22 nitrogen and oxygen atoms in total. The van der Waals surface area contributed by atoms with Crippen molar-refractivity contribution < 1.29 is 82.4 Å². The molecule has 1 unspecified atom stereocenters. The maximum Gasteiger partial charge on any atom is 0.333 e. The smallest absolute Gasteiger partial charge is 0.333 e.